The molecule has 1 aromatic rings. The van der Waals surface area contributed by atoms with E-state index in [1.165, 1.54) is 24.1 Å². The molecule has 0 aliphatic rings. The number of nitrogens with one attached hydrogen (secondary N) is 1. The van der Waals surface area contributed by atoms with Crippen LogP contribution in [0.15, 0.2) is 18.2 Å². The van der Waals surface area contributed by atoms with Crippen LogP contribution in [0.4, 0.5) is 10.1 Å². The topological polar surface area (TPSA) is 67.6 Å². The van der Waals surface area contributed by atoms with Gasteiger partial charge in [-0.25, -0.2) is 4.39 Å². The van der Waals surface area contributed by atoms with Gasteiger partial charge in [0.15, 0.2) is 11.6 Å². The molecule has 0 bridgehead atoms. The first-order chi connectivity index (χ1) is 8.97. The first kappa shape index (κ1) is 15.2. The van der Waals surface area contributed by atoms with Crippen molar-refractivity contribution in [1.29, 1.82) is 0 Å². The number of ether oxygens (including phenoxy) is 1. The van der Waals surface area contributed by atoms with Crippen molar-refractivity contribution in [3.8, 4) is 5.75 Å². The minimum Gasteiger partial charge on any atom is -0.494 e. The molecule has 0 aromatic heterocycles. The fraction of sp³-hybridized carbons (Fsp3) is 0.462. The molecule has 1 rings (SSSR count). The number of benzene rings is 1. The van der Waals surface area contributed by atoms with Gasteiger partial charge in [-0.2, -0.15) is 0 Å². The van der Waals surface area contributed by atoms with Crippen LogP contribution >= 0.6 is 0 Å². The summed E-state index contributed by atoms with van der Waals surface area (Å²) in [5.74, 6) is -0.293. The number of anilines is 1. The largest absolute Gasteiger partial charge is 0.494 e. The molecule has 0 saturated carbocycles. The lowest BCUT2D eigenvalue weighted by Crippen LogP contribution is -2.35. The molecular formula is C13H20FN3O2. The van der Waals surface area contributed by atoms with Crippen LogP contribution in [0.3, 0.4) is 0 Å². The Morgan fingerprint density at radius 2 is 2.21 bits per heavy atom. The molecule has 0 heterocycles. The van der Waals surface area contributed by atoms with Gasteiger partial charge in [-0.15, -0.1) is 0 Å². The molecule has 0 spiro atoms. The lowest BCUT2D eigenvalue weighted by atomic mass is 10.1. The predicted octanol–water partition coefficient (Wildman–Crippen LogP) is 1.05. The molecule has 106 valence electrons. The molecule has 0 fully saturated rings. The molecule has 0 aliphatic heterocycles. The molecule has 0 radical (unpaired) electrons. The highest BCUT2D eigenvalue weighted by Gasteiger charge is 2.14. The number of carbonyl (C=O) groups is 1. The zero-order chi connectivity index (χ0) is 14.4. The Morgan fingerprint density at radius 3 is 2.74 bits per heavy atom. The lowest BCUT2D eigenvalue weighted by Gasteiger charge is -2.20. The summed E-state index contributed by atoms with van der Waals surface area (Å²) < 4.78 is 18.2. The van der Waals surface area contributed by atoms with Crippen LogP contribution in [0, 0.1) is 5.82 Å². The maximum atomic E-state index is 13.3. The van der Waals surface area contributed by atoms with Gasteiger partial charge in [-0.05, 0) is 12.1 Å². The highest BCUT2D eigenvalue weighted by Crippen LogP contribution is 2.22. The lowest BCUT2D eigenvalue weighted by molar-refractivity contribution is -0.128. The summed E-state index contributed by atoms with van der Waals surface area (Å²) >= 11 is 0. The van der Waals surface area contributed by atoms with E-state index in [0.717, 1.165) is 0 Å². The van der Waals surface area contributed by atoms with Crippen molar-refractivity contribution < 1.29 is 13.9 Å². The van der Waals surface area contributed by atoms with Gasteiger partial charge in [-0.3, -0.25) is 4.79 Å². The third-order valence-corrected chi connectivity index (χ3v) is 2.73. The number of nitrogens with zero attached hydrogens (tertiary/aromatic N) is 1. The van der Waals surface area contributed by atoms with Gasteiger partial charge < -0.3 is 20.7 Å². The van der Waals surface area contributed by atoms with Gasteiger partial charge in [0.2, 0.25) is 5.91 Å². The molecule has 19 heavy (non-hydrogen) atoms. The summed E-state index contributed by atoms with van der Waals surface area (Å²) in [6.45, 7) is 0.305. The summed E-state index contributed by atoms with van der Waals surface area (Å²) in [5.41, 5.74) is 6.30. The number of carbonyl (C=O) groups excluding carboxylic acids is 1. The zero-order valence-corrected chi connectivity index (χ0v) is 11.4. The molecule has 3 N–H and O–H groups in total. The Bertz CT molecular complexity index is 438. The van der Waals surface area contributed by atoms with E-state index in [2.05, 4.69) is 5.32 Å². The summed E-state index contributed by atoms with van der Waals surface area (Å²) in [5, 5.41) is 3.10. The molecule has 0 aliphatic carbocycles. The van der Waals surface area contributed by atoms with Gasteiger partial charge in [0.1, 0.15) is 0 Å². The summed E-state index contributed by atoms with van der Waals surface area (Å²) in [4.78, 5) is 13.1. The van der Waals surface area contributed by atoms with Crippen LogP contribution in [0.2, 0.25) is 0 Å². The number of hydrogen-bond acceptors (Lipinski definition) is 4. The fourth-order valence-corrected chi connectivity index (χ4v) is 1.57. The van der Waals surface area contributed by atoms with Crippen molar-refractivity contribution in [1.82, 2.24) is 4.90 Å². The minimum absolute atomic E-state index is 0.0166. The second-order valence-corrected chi connectivity index (χ2v) is 4.42. The molecule has 1 aromatic carbocycles. The van der Waals surface area contributed by atoms with Crippen molar-refractivity contribution in [3.63, 3.8) is 0 Å². The monoisotopic (exact) mass is 269 g/mol. The third-order valence-electron chi connectivity index (χ3n) is 2.73. The van der Waals surface area contributed by atoms with Crippen LogP contribution in [-0.2, 0) is 4.79 Å². The van der Waals surface area contributed by atoms with Gasteiger partial charge in [0, 0.05) is 44.9 Å². The molecular weight excluding hydrogens is 249 g/mol. The normalized spacial score (nSPS) is 11.8. The molecule has 1 unspecified atom stereocenters. The van der Waals surface area contributed by atoms with Gasteiger partial charge in [0.05, 0.1) is 7.11 Å². The van der Waals surface area contributed by atoms with Gasteiger partial charge >= 0.3 is 0 Å². The highest BCUT2D eigenvalue weighted by atomic mass is 19.1. The first-order valence-corrected chi connectivity index (χ1v) is 5.98. The minimum atomic E-state index is -0.429. The number of rotatable bonds is 6. The Morgan fingerprint density at radius 1 is 1.53 bits per heavy atom. The first-order valence-electron chi connectivity index (χ1n) is 5.98. The van der Waals surface area contributed by atoms with Crippen molar-refractivity contribution in [2.45, 2.75) is 12.5 Å². The number of halogens is 1. The molecule has 1 atom stereocenters. The maximum absolute atomic E-state index is 13.3. The molecule has 0 saturated heterocycles. The quantitative estimate of drug-likeness (QED) is 0.810. The maximum Gasteiger partial charge on any atom is 0.224 e. The Balaban J connectivity index is 2.73. The fourth-order valence-electron chi connectivity index (χ4n) is 1.57. The van der Waals surface area contributed by atoms with E-state index in [4.69, 9.17) is 10.5 Å². The van der Waals surface area contributed by atoms with E-state index >= 15 is 0 Å². The molecule has 5 nitrogen and oxygen atoms in total. The standard InChI is InChI=1S/C13H20FN3O2/c1-17(2)13(18)7-10(8-15)16-9-4-5-11(14)12(6-9)19-3/h4-6,10,16H,7-8,15H2,1-3H3. The van der Waals surface area contributed by atoms with E-state index in [9.17, 15) is 9.18 Å². The SMILES string of the molecule is COc1cc(NC(CN)CC(=O)N(C)C)ccc1F. The van der Waals surface area contributed by atoms with E-state index < -0.39 is 5.82 Å². The Labute approximate surface area is 112 Å². The molecule has 6 heteroatoms. The predicted molar refractivity (Wildman–Crippen MR) is 72.7 cm³/mol. The van der Waals surface area contributed by atoms with Crippen LogP contribution in [0.1, 0.15) is 6.42 Å². The van der Waals surface area contributed by atoms with Crippen molar-refractivity contribution in [2.24, 2.45) is 5.73 Å². The Kier molecular flexibility index (Phi) is 5.57. The van der Waals surface area contributed by atoms with Gasteiger partial charge in [-0.1, -0.05) is 0 Å². The average Bonchev–Trinajstić information content (AvgIpc) is 2.39. The van der Waals surface area contributed by atoms with Crippen molar-refractivity contribution >= 4 is 11.6 Å². The smallest absolute Gasteiger partial charge is 0.224 e. The highest BCUT2D eigenvalue weighted by molar-refractivity contribution is 5.76. The van der Waals surface area contributed by atoms with Crippen LogP contribution in [0.25, 0.3) is 0 Å². The molecule has 1 amide bonds. The van der Waals surface area contributed by atoms with Crippen LogP contribution in [-0.4, -0.2) is 44.6 Å². The van der Waals surface area contributed by atoms with Gasteiger partial charge in [0.25, 0.3) is 0 Å². The summed E-state index contributed by atoms with van der Waals surface area (Å²) in [6, 6.07) is 4.23. The number of amides is 1. The third kappa shape index (κ3) is 4.40. The second kappa shape index (κ2) is 6.94. The van der Waals surface area contributed by atoms with E-state index in [1.807, 2.05) is 0 Å². The van der Waals surface area contributed by atoms with Crippen LogP contribution in [0.5, 0.6) is 5.75 Å². The second-order valence-electron chi connectivity index (χ2n) is 4.42. The van der Waals surface area contributed by atoms with Crippen molar-refractivity contribution in [3.05, 3.63) is 24.0 Å². The number of hydrogen-bond donors (Lipinski definition) is 2. The number of nitrogens with two attached hydrogens (primary N) is 1. The van der Waals surface area contributed by atoms with Crippen molar-refractivity contribution in [2.75, 3.05) is 33.1 Å². The number of methoxy groups -OCH3 is 1. The van der Waals surface area contributed by atoms with E-state index in [-0.39, 0.29) is 24.1 Å². The van der Waals surface area contributed by atoms with E-state index in [0.29, 0.717) is 12.2 Å². The average molecular weight is 269 g/mol. The summed E-state index contributed by atoms with van der Waals surface area (Å²) in [6.07, 6.45) is 0.281. The van der Waals surface area contributed by atoms with Crippen LogP contribution < -0.4 is 15.8 Å². The zero-order valence-electron chi connectivity index (χ0n) is 11.4. The summed E-state index contributed by atoms with van der Waals surface area (Å²) in [7, 11) is 4.78. The Hall–Kier alpha value is -1.82. The van der Waals surface area contributed by atoms with E-state index in [1.54, 1.807) is 20.2 Å².